The molecular formula is C15H15F2N. The Balaban J connectivity index is 1.98. The number of benzene rings is 2. The van der Waals surface area contributed by atoms with Gasteiger partial charge in [0.1, 0.15) is 11.6 Å². The quantitative estimate of drug-likeness (QED) is 0.866. The first-order chi connectivity index (χ1) is 8.66. The molecule has 0 unspecified atom stereocenters. The molecule has 1 N–H and O–H groups in total. The molecule has 0 saturated heterocycles. The van der Waals surface area contributed by atoms with Gasteiger partial charge in [-0.3, -0.25) is 0 Å². The van der Waals surface area contributed by atoms with Gasteiger partial charge in [-0.2, -0.15) is 0 Å². The summed E-state index contributed by atoms with van der Waals surface area (Å²) in [6.45, 7) is 2.48. The zero-order chi connectivity index (χ0) is 13.0. The van der Waals surface area contributed by atoms with E-state index in [9.17, 15) is 8.78 Å². The Morgan fingerprint density at radius 3 is 2.33 bits per heavy atom. The molecule has 0 aliphatic heterocycles. The van der Waals surface area contributed by atoms with Crippen LogP contribution in [-0.2, 0) is 6.54 Å². The van der Waals surface area contributed by atoms with Crippen molar-refractivity contribution in [3.8, 4) is 0 Å². The van der Waals surface area contributed by atoms with E-state index in [0.717, 1.165) is 5.56 Å². The summed E-state index contributed by atoms with van der Waals surface area (Å²) in [7, 11) is 0. The van der Waals surface area contributed by atoms with Gasteiger partial charge in [0, 0.05) is 18.2 Å². The number of rotatable bonds is 4. The van der Waals surface area contributed by atoms with Crippen LogP contribution in [0.4, 0.5) is 8.78 Å². The lowest BCUT2D eigenvalue weighted by molar-refractivity contribution is 0.528. The Kier molecular flexibility index (Phi) is 4.05. The zero-order valence-corrected chi connectivity index (χ0v) is 10.2. The molecule has 0 aliphatic carbocycles. The van der Waals surface area contributed by atoms with Crippen molar-refractivity contribution >= 4 is 0 Å². The number of hydrogen-bond donors (Lipinski definition) is 1. The molecule has 2 aromatic carbocycles. The highest BCUT2D eigenvalue weighted by atomic mass is 19.1. The van der Waals surface area contributed by atoms with Gasteiger partial charge in [-0.1, -0.05) is 30.3 Å². The van der Waals surface area contributed by atoms with Crippen molar-refractivity contribution in [3.63, 3.8) is 0 Å². The maximum absolute atomic E-state index is 13.5. The van der Waals surface area contributed by atoms with Crippen molar-refractivity contribution in [1.29, 1.82) is 0 Å². The average molecular weight is 247 g/mol. The molecule has 18 heavy (non-hydrogen) atoms. The minimum Gasteiger partial charge on any atom is -0.306 e. The Labute approximate surface area is 105 Å². The summed E-state index contributed by atoms with van der Waals surface area (Å²) in [6, 6.07) is 12.9. The maximum Gasteiger partial charge on any atom is 0.127 e. The number of halogens is 2. The molecular weight excluding hydrogens is 232 g/mol. The molecule has 0 aliphatic rings. The van der Waals surface area contributed by atoms with Crippen LogP contribution >= 0.6 is 0 Å². The lowest BCUT2D eigenvalue weighted by atomic mass is 10.1. The summed E-state index contributed by atoms with van der Waals surface area (Å²) in [5.74, 6) is -0.461. The van der Waals surface area contributed by atoms with Gasteiger partial charge in [-0.25, -0.2) is 8.78 Å². The Hall–Kier alpha value is -1.74. The summed E-state index contributed by atoms with van der Waals surface area (Å²) < 4.78 is 26.3. The molecule has 0 spiro atoms. The van der Waals surface area contributed by atoms with Crippen LogP contribution < -0.4 is 5.32 Å². The van der Waals surface area contributed by atoms with E-state index >= 15 is 0 Å². The van der Waals surface area contributed by atoms with Gasteiger partial charge in [0.2, 0.25) is 0 Å². The minimum atomic E-state index is -0.249. The second-order valence-corrected chi connectivity index (χ2v) is 4.25. The molecule has 0 bridgehead atoms. The molecule has 2 aromatic rings. The van der Waals surface area contributed by atoms with Crippen molar-refractivity contribution in [2.75, 3.05) is 0 Å². The highest BCUT2D eigenvalue weighted by molar-refractivity contribution is 5.21. The van der Waals surface area contributed by atoms with Crippen LogP contribution in [0.25, 0.3) is 0 Å². The van der Waals surface area contributed by atoms with Crippen LogP contribution in [0.5, 0.6) is 0 Å². The Morgan fingerprint density at radius 1 is 1.00 bits per heavy atom. The van der Waals surface area contributed by atoms with Crippen molar-refractivity contribution < 1.29 is 8.78 Å². The van der Waals surface area contributed by atoms with Crippen LogP contribution in [0.3, 0.4) is 0 Å². The van der Waals surface area contributed by atoms with E-state index in [1.165, 1.54) is 18.2 Å². The van der Waals surface area contributed by atoms with Crippen LogP contribution in [0, 0.1) is 11.6 Å². The molecule has 0 amide bonds. The molecule has 1 atom stereocenters. The van der Waals surface area contributed by atoms with E-state index in [0.29, 0.717) is 12.1 Å². The third-order valence-electron chi connectivity index (χ3n) is 2.90. The molecule has 0 heterocycles. The number of nitrogens with one attached hydrogen (secondary N) is 1. The average Bonchev–Trinajstić information content (AvgIpc) is 2.38. The molecule has 0 radical (unpaired) electrons. The van der Waals surface area contributed by atoms with E-state index < -0.39 is 0 Å². The molecule has 1 nitrogen and oxygen atoms in total. The lowest BCUT2D eigenvalue weighted by Crippen LogP contribution is -2.19. The van der Waals surface area contributed by atoms with E-state index in [1.807, 2.05) is 13.0 Å². The van der Waals surface area contributed by atoms with Crippen molar-refractivity contribution in [2.24, 2.45) is 0 Å². The summed E-state index contributed by atoms with van der Waals surface area (Å²) in [4.78, 5) is 0. The number of hydrogen-bond acceptors (Lipinski definition) is 1. The summed E-state index contributed by atoms with van der Waals surface area (Å²) in [6.07, 6.45) is 0. The fourth-order valence-electron chi connectivity index (χ4n) is 1.81. The van der Waals surface area contributed by atoms with Gasteiger partial charge in [-0.05, 0) is 30.7 Å². The molecule has 3 heteroatoms. The van der Waals surface area contributed by atoms with Gasteiger partial charge in [0.15, 0.2) is 0 Å². The van der Waals surface area contributed by atoms with E-state index in [2.05, 4.69) is 5.32 Å². The predicted octanol–water partition coefficient (Wildman–Crippen LogP) is 3.82. The maximum atomic E-state index is 13.5. The van der Waals surface area contributed by atoms with Crippen molar-refractivity contribution in [1.82, 2.24) is 5.32 Å². The van der Waals surface area contributed by atoms with Gasteiger partial charge >= 0.3 is 0 Å². The van der Waals surface area contributed by atoms with E-state index in [-0.39, 0.29) is 17.7 Å². The van der Waals surface area contributed by atoms with Crippen LogP contribution in [0.2, 0.25) is 0 Å². The van der Waals surface area contributed by atoms with Crippen LogP contribution in [-0.4, -0.2) is 0 Å². The third-order valence-corrected chi connectivity index (χ3v) is 2.90. The zero-order valence-electron chi connectivity index (χ0n) is 10.2. The molecule has 0 saturated carbocycles. The summed E-state index contributed by atoms with van der Waals surface area (Å²) >= 11 is 0. The largest absolute Gasteiger partial charge is 0.306 e. The normalized spacial score (nSPS) is 12.4. The lowest BCUT2D eigenvalue weighted by Gasteiger charge is -2.15. The van der Waals surface area contributed by atoms with Gasteiger partial charge in [0.25, 0.3) is 0 Å². The fourth-order valence-corrected chi connectivity index (χ4v) is 1.81. The SMILES string of the molecule is C[C@@H](NCc1ccc(F)cc1)c1ccccc1F. The summed E-state index contributed by atoms with van der Waals surface area (Å²) in [5.41, 5.74) is 1.61. The Morgan fingerprint density at radius 2 is 1.67 bits per heavy atom. The van der Waals surface area contributed by atoms with Crippen molar-refractivity contribution in [2.45, 2.75) is 19.5 Å². The minimum absolute atomic E-state index is 0.0868. The van der Waals surface area contributed by atoms with E-state index in [4.69, 9.17) is 0 Å². The molecule has 94 valence electrons. The summed E-state index contributed by atoms with van der Waals surface area (Å²) in [5, 5.41) is 3.21. The Bertz CT molecular complexity index is 508. The molecule has 0 fully saturated rings. The standard InChI is InChI=1S/C15H15F2N/c1-11(14-4-2-3-5-15(14)17)18-10-12-6-8-13(16)9-7-12/h2-9,11,18H,10H2,1H3/t11-/m1/s1. The van der Waals surface area contributed by atoms with Crippen LogP contribution in [0.15, 0.2) is 48.5 Å². The smallest absolute Gasteiger partial charge is 0.127 e. The second-order valence-electron chi connectivity index (χ2n) is 4.25. The third kappa shape index (κ3) is 3.14. The van der Waals surface area contributed by atoms with Crippen molar-refractivity contribution in [3.05, 3.63) is 71.3 Å². The van der Waals surface area contributed by atoms with Crippen LogP contribution in [0.1, 0.15) is 24.1 Å². The van der Waals surface area contributed by atoms with E-state index in [1.54, 1.807) is 24.3 Å². The predicted molar refractivity (Wildman–Crippen MR) is 68.1 cm³/mol. The highest BCUT2D eigenvalue weighted by Crippen LogP contribution is 2.16. The molecule has 0 aromatic heterocycles. The van der Waals surface area contributed by atoms with Gasteiger partial charge in [0.05, 0.1) is 0 Å². The van der Waals surface area contributed by atoms with Gasteiger partial charge in [-0.15, -0.1) is 0 Å². The highest BCUT2D eigenvalue weighted by Gasteiger charge is 2.09. The topological polar surface area (TPSA) is 12.0 Å². The fraction of sp³-hybridized carbons (Fsp3) is 0.200. The van der Waals surface area contributed by atoms with Gasteiger partial charge < -0.3 is 5.32 Å². The first-order valence-electron chi connectivity index (χ1n) is 5.89. The first kappa shape index (κ1) is 12.7. The first-order valence-corrected chi connectivity index (χ1v) is 5.89. The monoisotopic (exact) mass is 247 g/mol. The second kappa shape index (κ2) is 5.74. The molecule has 2 rings (SSSR count).